The van der Waals surface area contributed by atoms with Crippen LogP contribution in [0.15, 0.2) is 35.6 Å². The van der Waals surface area contributed by atoms with Crippen molar-refractivity contribution in [3.8, 4) is 17.6 Å². The van der Waals surface area contributed by atoms with Gasteiger partial charge in [-0.05, 0) is 30.2 Å². The van der Waals surface area contributed by atoms with Crippen LogP contribution in [-0.4, -0.2) is 44.5 Å². The highest BCUT2D eigenvalue weighted by Crippen LogP contribution is 2.29. The first-order chi connectivity index (χ1) is 15.9. The number of benzene rings is 1. The Morgan fingerprint density at radius 2 is 2.12 bits per heavy atom. The van der Waals surface area contributed by atoms with E-state index in [0.29, 0.717) is 18.6 Å². The first kappa shape index (κ1) is 25.8. The smallest absolute Gasteiger partial charge is 0.387 e. The third-order valence-electron chi connectivity index (χ3n) is 4.30. The molecule has 0 spiro atoms. The molecule has 0 bridgehead atoms. The zero-order valence-electron chi connectivity index (χ0n) is 18.1. The molecule has 33 heavy (non-hydrogen) atoms. The number of halogens is 2. The van der Waals surface area contributed by atoms with Gasteiger partial charge < -0.3 is 19.5 Å². The van der Waals surface area contributed by atoms with E-state index < -0.39 is 18.1 Å². The zero-order valence-corrected chi connectivity index (χ0v) is 18.9. The molecule has 176 valence electrons. The second-order valence-corrected chi connectivity index (χ2v) is 7.52. The van der Waals surface area contributed by atoms with Gasteiger partial charge in [-0.15, -0.1) is 17.9 Å². The molecule has 0 radical (unpaired) electrons. The van der Waals surface area contributed by atoms with E-state index in [2.05, 4.69) is 16.6 Å². The fourth-order valence-corrected chi connectivity index (χ4v) is 3.97. The number of hydrogen-bond acceptors (Lipinski definition) is 7. The number of hydrogen-bond donors (Lipinski definition) is 1. The Balaban J connectivity index is 2.66. The van der Waals surface area contributed by atoms with Crippen molar-refractivity contribution in [2.45, 2.75) is 19.6 Å². The van der Waals surface area contributed by atoms with E-state index in [4.69, 9.17) is 9.47 Å². The summed E-state index contributed by atoms with van der Waals surface area (Å²) in [7, 11) is 2.83. The highest BCUT2D eigenvalue weighted by Gasteiger charge is 2.16. The fraction of sp³-hybridized carbons (Fsp3) is 0.318. The lowest BCUT2D eigenvalue weighted by Gasteiger charge is -2.09. The maximum absolute atomic E-state index is 13.1. The number of alkyl halides is 2. The zero-order chi connectivity index (χ0) is 24.4. The molecule has 0 unspecified atom stereocenters. The van der Waals surface area contributed by atoms with Crippen LogP contribution in [0.4, 0.5) is 8.78 Å². The molecule has 1 N–H and O–H groups in total. The van der Waals surface area contributed by atoms with Crippen LogP contribution in [0.1, 0.15) is 12.0 Å². The lowest BCUT2D eigenvalue weighted by atomic mass is 10.2. The highest BCUT2D eigenvalue weighted by molar-refractivity contribution is 7.07. The number of carbonyl (C=O) groups excluding carboxylic acids is 1. The third kappa shape index (κ3) is 6.74. The maximum atomic E-state index is 13.1. The molecule has 0 aliphatic carbocycles. The Morgan fingerprint density at radius 3 is 2.73 bits per heavy atom. The van der Waals surface area contributed by atoms with Crippen LogP contribution >= 0.6 is 11.3 Å². The van der Waals surface area contributed by atoms with Gasteiger partial charge in [0.15, 0.2) is 17.1 Å². The van der Waals surface area contributed by atoms with Crippen molar-refractivity contribution in [2.24, 2.45) is 0 Å². The normalized spacial score (nSPS) is 12.3. The van der Waals surface area contributed by atoms with Gasteiger partial charge in [-0.25, -0.2) is 0 Å². The van der Waals surface area contributed by atoms with Gasteiger partial charge in [-0.1, -0.05) is 12.1 Å². The van der Waals surface area contributed by atoms with Crippen molar-refractivity contribution in [1.29, 1.82) is 5.26 Å². The van der Waals surface area contributed by atoms with Crippen molar-refractivity contribution in [3.63, 3.8) is 0 Å². The Labute approximate surface area is 192 Å². The minimum absolute atomic E-state index is 0.0642. The molecule has 0 fully saturated rings. The second kappa shape index (κ2) is 12.5. The summed E-state index contributed by atoms with van der Waals surface area (Å²) >= 11 is 0.978. The number of nitrogens with one attached hydrogen (secondary N) is 1. The third-order valence-corrected chi connectivity index (χ3v) is 5.43. The lowest BCUT2D eigenvalue weighted by Crippen LogP contribution is -2.35. The molecule has 0 atom stereocenters. The molecule has 2 aromatic rings. The summed E-state index contributed by atoms with van der Waals surface area (Å²) in [5.74, 6) is -0.706. The van der Waals surface area contributed by atoms with Gasteiger partial charge in [0, 0.05) is 26.8 Å². The van der Waals surface area contributed by atoms with E-state index in [9.17, 15) is 23.6 Å². The van der Waals surface area contributed by atoms with Crippen molar-refractivity contribution in [2.75, 3.05) is 27.4 Å². The van der Waals surface area contributed by atoms with Gasteiger partial charge in [0.05, 0.1) is 11.6 Å². The standard InChI is InChI=1S/C22H23F2N3O5S/c1-4-8-26-19(28)15(13-25)21-27(9-5-10-30-2)20(29)18(33-21)12-14-6-7-16(32-22(23)24)17(11-14)31-3/h4,6-7,11-12,22H,1,5,8-10H2,2-3H3,(H,26,28). The van der Waals surface area contributed by atoms with Gasteiger partial charge >= 0.3 is 6.61 Å². The Morgan fingerprint density at radius 1 is 1.36 bits per heavy atom. The number of thiazole rings is 1. The highest BCUT2D eigenvalue weighted by atomic mass is 32.1. The summed E-state index contributed by atoms with van der Waals surface area (Å²) in [5.41, 5.74) is -0.117. The number of nitriles is 1. The van der Waals surface area contributed by atoms with Crippen LogP contribution in [0, 0.1) is 11.3 Å². The summed E-state index contributed by atoms with van der Waals surface area (Å²) < 4.78 is 41.5. The maximum Gasteiger partial charge on any atom is 0.387 e. The number of rotatable bonds is 11. The molecule has 8 nitrogen and oxygen atoms in total. The monoisotopic (exact) mass is 479 g/mol. The van der Waals surface area contributed by atoms with E-state index >= 15 is 0 Å². The molecule has 1 heterocycles. The van der Waals surface area contributed by atoms with Crippen LogP contribution in [-0.2, 0) is 16.1 Å². The molecule has 1 amide bonds. The second-order valence-electron chi connectivity index (χ2n) is 6.49. The summed E-state index contributed by atoms with van der Waals surface area (Å²) in [6.45, 7) is 1.28. The molecule has 2 rings (SSSR count). The van der Waals surface area contributed by atoms with Crippen LogP contribution in [0.5, 0.6) is 11.5 Å². The van der Waals surface area contributed by atoms with Crippen molar-refractivity contribution < 1.29 is 27.8 Å². The Hall–Kier alpha value is -3.49. The van der Waals surface area contributed by atoms with Crippen LogP contribution in [0.3, 0.4) is 0 Å². The predicted octanol–water partition coefficient (Wildman–Crippen LogP) is 1.36. The van der Waals surface area contributed by atoms with E-state index in [1.165, 1.54) is 49.1 Å². The summed E-state index contributed by atoms with van der Waals surface area (Å²) in [5, 5.41) is 12.1. The van der Waals surface area contributed by atoms with Gasteiger partial charge in [-0.3, -0.25) is 14.2 Å². The van der Waals surface area contributed by atoms with Crippen LogP contribution < -0.4 is 29.5 Å². The van der Waals surface area contributed by atoms with Gasteiger partial charge in [0.2, 0.25) is 0 Å². The van der Waals surface area contributed by atoms with Crippen molar-refractivity contribution in [1.82, 2.24) is 9.88 Å². The van der Waals surface area contributed by atoms with Gasteiger partial charge in [0.1, 0.15) is 10.7 Å². The van der Waals surface area contributed by atoms with Crippen molar-refractivity contribution >= 4 is 28.9 Å². The van der Waals surface area contributed by atoms with E-state index in [0.717, 1.165) is 11.3 Å². The minimum atomic E-state index is -3.01. The molecule has 0 aliphatic rings. The van der Waals surface area contributed by atoms with Crippen molar-refractivity contribution in [3.05, 3.63) is 56.0 Å². The fourth-order valence-electron chi connectivity index (χ4n) is 2.84. The number of methoxy groups -OCH3 is 2. The molecule has 0 saturated carbocycles. The average Bonchev–Trinajstić information content (AvgIpc) is 3.08. The SMILES string of the molecule is C=CCNC(=O)C(C#N)=c1sc(=Cc2ccc(OC(F)F)c(OC)c2)c(=O)n1CCCOC. The number of nitrogens with zero attached hydrogens (tertiary/aromatic N) is 2. The van der Waals surface area contributed by atoms with E-state index in [1.54, 1.807) is 0 Å². The predicted molar refractivity (Wildman–Crippen MR) is 120 cm³/mol. The number of ether oxygens (including phenoxy) is 3. The largest absolute Gasteiger partial charge is 0.493 e. The van der Waals surface area contributed by atoms with Crippen LogP contribution in [0.25, 0.3) is 11.6 Å². The molecule has 0 saturated heterocycles. The number of carbonyl (C=O) groups is 1. The number of amides is 1. The molecular weight excluding hydrogens is 456 g/mol. The van der Waals surface area contributed by atoms with Crippen LogP contribution in [0.2, 0.25) is 0 Å². The number of aromatic nitrogens is 1. The summed E-state index contributed by atoms with van der Waals surface area (Å²) in [6, 6.07) is 6.11. The first-order valence-electron chi connectivity index (χ1n) is 9.72. The molecular formula is C22H23F2N3O5S. The quantitative estimate of drug-likeness (QED) is 0.386. The van der Waals surface area contributed by atoms with Gasteiger partial charge in [-0.2, -0.15) is 14.0 Å². The molecule has 1 aromatic heterocycles. The molecule has 0 aliphatic heterocycles. The molecule has 1 aromatic carbocycles. The Kier molecular flexibility index (Phi) is 9.78. The summed E-state index contributed by atoms with van der Waals surface area (Å²) in [4.78, 5) is 25.5. The van der Waals surface area contributed by atoms with E-state index in [-0.39, 0.29) is 39.4 Å². The molecule has 11 heteroatoms. The van der Waals surface area contributed by atoms with E-state index in [1.807, 2.05) is 6.07 Å². The van der Waals surface area contributed by atoms with Gasteiger partial charge in [0.25, 0.3) is 11.5 Å². The lowest BCUT2D eigenvalue weighted by molar-refractivity contribution is -0.115. The first-order valence-corrected chi connectivity index (χ1v) is 10.5. The average molecular weight is 480 g/mol. The Bertz CT molecular complexity index is 1210. The topological polar surface area (TPSA) is 103 Å². The summed E-state index contributed by atoms with van der Waals surface area (Å²) in [6.07, 6.45) is 3.48. The minimum Gasteiger partial charge on any atom is -0.493 e.